The molecule has 2 aromatic carbocycles. The first-order chi connectivity index (χ1) is 12.9. The average Bonchev–Trinajstić information content (AvgIpc) is 2.96. The molecule has 2 heterocycles. The highest BCUT2D eigenvalue weighted by Gasteiger charge is 2.22. The first-order valence-electron chi connectivity index (χ1n) is 9.23. The Morgan fingerprint density at radius 2 is 1.85 bits per heavy atom. The van der Waals surface area contributed by atoms with Crippen LogP contribution in [0.1, 0.15) is 25.2 Å². The van der Waals surface area contributed by atoms with Gasteiger partial charge < -0.3 is 9.85 Å². The number of hydrogen-bond donors (Lipinski definition) is 0. The molecule has 3 aromatic rings. The van der Waals surface area contributed by atoms with Gasteiger partial charge in [-0.1, -0.05) is 56.3 Å². The number of fused-ring (bicyclic) bond motifs is 2. The van der Waals surface area contributed by atoms with Crippen molar-refractivity contribution in [1.29, 1.82) is 0 Å². The van der Waals surface area contributed by atoms with Crippen LogP contribution in [0.3, 0.4) is 0 Å². The second-order valence-electron chi connectivity index (χ2n) is 7.70. The highest BCUT2D eigenvalue weighted by Crippen LogP contribution is 2.24. The minimum absolute atomic E-state index is 0.152. The van der Waals surface area contributed by atoms with Crippen molar-refractivity contribution in [2.75, 3.05) is 0 Å². The molecular weight excluding hydrogens is 338 g/mol. The van der Waals surface area contributed by atoms with Crippen LogP contribution in [0.15, 0.2) is 47.3 Å². The summed E-state index contributed by atoms with van der Waals surface area (Å²) in [5.74, 6) is 1.10. The molecule has 0 spiro atoms. The van der Waals surface area contributed by atoms with Crippen LogP contribution in [-0.2, 0) is 20.0 Å². The van der Waals surface area contributed by atoms with Crippen LogP contribution in [0.25, 0.3) is 23.2 Å². The Kier molecular flexibility index (Phi) is 4.21. The van der Waals surface area contributed by atoms with Crippen molar-refractivity contribution in [3.63, 3.8) is 0 Å². The topological polar surface area (TPSA) is 58.0 Å². The lowest BCUT2D eigenvalue weighted by molar-refractivity contribution is -0.727. The summed E-state index contributed by atoms with van der Waals surface area (Å²) in [4.78, 5) is 17.4. The summed E-state index contributed by atoms with van der Waals surface area (Å²) in [5, 5.41) is 16.5. The Bertz CT molecular complexity index is 1210. The third kappa shape index (κ3) is 3.20. The SMILES string of the molecule is CC(C)Cc1nc2c(c(=O)n1C)=C[N+]([O-])(Cc1cccc3ccccc13)C=2. The lowest BCUT2D eigenvalue weighted by atomic mass is 10.0. The van der Waals surface area contributed by atoms with Gasteiger partial charge in [0.2, 0.25) is 0 Å². The Labute approximate surface area is 157 Å². The van der Waals surface area contributed by atoms with E-state index in [0.29, 0.717) is 22.9 Å². The average molecular weight is 361 g/mol. The Morgan fingerprint density at radius 3 is 2.63 bits per heavy atom. The van der Waals surface area contributed by atoms with Gasteiger partial charge in [0, 0.05) is 19.0 Å². The number of aromatic nitrogens is 2. The van der Waals surface area contributed by atoms with Gasteiger partial charge in [0.25, 0.3) is 5.56 Å². The molecule has 0 saturated carbocycles. The monoisotopic (exact) mass is 361 g/mol. The molecule has 0 bridgehead atoms. The van der Waals surface area contributed by atoms with Crippen LogP contribution in [0, 0.1) is 11.1 Å². The largest absolute Gasteiger partial charge is 0.622 e. The number of benzene rings is 2. The van der Waals surface area contributed by atoms with Gasteiger partial charge in [0.15, 0.2) is 0 Å². The number of rotatable bonds is 4. The molecule has 138 valence electrons. The lowest BCUT2D eigenvalue weighted by Crippen LogP contribution is -2.46. The fraction of sp³-hybridized carbons (Fsp3) is 0.273. The van der Waals surface area contributed by atoms with Crippen molar-refractivity contribution in [1.82, 2.24) is 9.55 Å². The summed E-state index contributed by atoms with van der Waals surface area (Å²) in [5.41, 5.74) is 0.809. The van der Waals surface area contributed by atoms with Gasteiger partial charge in [0.1, 0.15) is 35.3 Å². The highest BCUT2D eigenvalue weighted by molar-refractivity contribution is 5.85. The van der Waals surface area contributed by atoms with E-state index in [1.807, 2.05) is 42.5 Å². The molecule has 1 aromatic heterocycles. The Morgan fingerprint density at radius 1 is 1.11 bits per heavy atom. The summed E-state index contributed by atoms with van der Waals surface area (Å²) in [7, 11) is 1.73. The molecule has 1 aliphatic heterocycles. The summed E-state index contributed by atoms with van der Waals surface area (Å²) >= 11 is 0. The van der Waals surface area contributed by atoms with Crippen molar-refractivity contribution in [2.24, 2.45) is 13.0 Å². The number of hydrogen-bond acceptors (Lipinski definition) is 3. The molecular formula is C22H23N3O2. The predicted molar refractivity (Wildman–Crippen MR) is 107 cm³/mol. The van der Waals surface area contributed by atoms with E-state index in [4.69, 9.17) is 0 Å². The van der Waals surface area contributed by atoms with Crippen LogP contribution in [0.4, 0.5) is 0 Å². The second kappa shape index (κ2) is 6.44. The number of nitrogens with zero attached hydrogens (tertiary/aromatic N) is 3. The minimum atomic E-state index is -0.698. The van der Waals surface area contributed by atoms with Crippen molar-refractivity contribution in [2.45, 2.75) is 26.8 Å². The molecule has 0 saturated heterocycles. The standard InChI is InChI=1S/C22H23N3O2/c1-15(2)11-21-23-20-14-25(27,13-19(20)22(26)24(21)3)12-17-9-6-8-16-7-4-5-10-18(16)17/h4-10,13-15H,11-12H2,1-3H3. The van der Waals surface area contributed by atoms with Crippen molar-refractivity contribution < 1.29 is 4.65 Å². The third-order valence-corrected chi connectivity index (χ3v) is 5.02. The molecule has 5 nitrogen and oxygen atoms in total. The van der Waals surface area contributed by atoms with E-state index in [0.717, 1.165) is 22.2 Å². The van der Waals surface area contributed by atoms with Gasteiger partial charge in [-0.2, -0.15) is 0 Å². The molecule has 1 atom stereocenters. The van der Waals surface area contributed by atoms with E-state index < -0.39 is 4.65 Å². The van der Waals surface area contributed by atoms with E-state index in [-0.39, 0.29) is 12.1 Å². The zero-order chi connectivity index (χ0) is 19.2. The molecule has 5 heteroatoms. The molecule has 4 rings (SSSR count). The third-order valence-electron chi connectivity index (χ3n) is 5.02. The van der Waals surface area contributed by atoms with Gasteiger partial charge in [-0.05, 0) is 16.7 Å². The Balaban J connectivity index is 1.80. The van der Waals surface area contributed by atoms with Crippen LogP contribution in [0.2, 0.25) is 0 Å². The molecule has 0 amide bonds. The van der Waals surface area contributed by atoms with E-state index in [2.05, 4.69) is 18.8 Å². The van der Waals surface area contributed by atoms with Crippen LogP contribution in [-0.4, -0.2) is 14.2 Å². The van der Waals surface area contributed by atoms with E-state index in [9.17, 15) is 10.0 Å². The first kappa shape index (κ1) is 17.6. The van der Waals surface area contributed by atoms with Gasteiger partial charge in [-0.15, -0.1) is 0 Å². The molecule has 0 aliphatic carbocycles. The predicted octanol–water partition coefficient (Wildman–Crippen LogP) is 2.14. The molecule has 27 heavy (non-hydrogen) atoms. The number of hydroxylamine groups is 3. The first-order valence-corrected chi connectivity index (χ1v) is 9.23. The molecule has 0 radical (unpaired) electrons. The fourth-order valence-electron chi connectivity index (χ4n) is 3.70. The van der Waals surface area contributed by atoms with E-state index >= 15 is 0 Å². The summed E-state index contributed by atoms with van der Waals surface area (Å²) in [6, 6.07) is 14.0. The maximum Gasteiger partial charge on any atom is 0.266 e. The zero-order valence-corrected chi connectivity index (χ0v) is 15.8. The smallest absolute Gasteiger partial charge is 0.266 e. The van der Waals surface area contributed by atoms with E-state index in [1.165, 1.54) is 6.20 Å². The molecule has 0 fully saturated rings. The van der Waals surface area contributed by atoms with Crippen molar-refractivity contribution >= 4 is 23.2 Å². The van der Waals surface area contributed by atoms with Crippen molar-refractivity contribution in [3.8, 4) is 0 Å². The van der Waals surface area contributed by atoms with Gasteiger partial charge >= 0.3 is 0 Å². The number of quaternary nitrogens is 1. The van der Waals surface area contributed by atoms with Crippen LogP contribution in [0.5, 0.6) is 0 Å². The lowest BCUT2D eigenvalue weighted by Gasteiger charge is -2.33. The fourth-order valence-corrected chi connectivity index (χ4v) is 3.70. The normalized spacial score (nSPS) is 18.4. The highest BCUT2D eigenvalue weighted by atomic mass is 16.5. The van der Waals surface area contributed by atoms with Gasteiger partial charge in [-0.25, -0.2) is 4.98 Å². The van der Waals surface area contributed by atoms with Gasteiger partial charge in [-0.3, -0.25) is 9.36 Å². The quantitative estimate of drug-likeness (QED) is 0.528. The zero-order valence-electron chi connectivity index (χ0n) is 15.8. The van der Waals surface area contributed by atoms with Crippen LogP contribution < -0.4 is 16.1 Å². The van der Waals surface area contributed by atoms with Gasteiger partial charge in [0.05, 0.1) is 0 Å². The summed E-state index contributed by atoms with van der Waals surface area (Å²) in [6.45, 7) is 4.41. The Hall–Kier alpha value is -2.76. The van der Waals surface area contributed by atoms with E-state index in [1.54, 1.807) is 17.8 Å². The second-order valence-corrected chi connectivity index (χ2v) is 7.70. The molecule has 1 aliphatic rings. The maximum absolute atomic E-state index is 13.4. The minimum Gasteiger partial charge on any atom is -0.622 e. The molecule has 1 unspecified atom stereocenters. The van der Waals surface area contributed by atoms with Crippen LogP contribution >= 0.6 is 0 Å². The van der Waals surface area contributed by atoms with Crippen molar-refractivity contribution in [3.05, 3.63) is 80.0 Å². The summed E-state index contributed by atoms with van der Waals surface area (Å²) in [6.07, 6.45) is 3.75. The molecule has 0 N–H and O–H groups in total. The maximum atomic E-state index is 13.4. The summed E-state index contributed by atoms with van der Waals surface area (Å²) < 4.78 is 0.869.